The van der Waals surface area contributed by atoms with Crippen molar-refractivity contribution < 1.29 is 13.2 Å². The quantitative estimate of drug-likeness (QED) is 0.715. The molecule has 0 aromatic carbocycles. The minimum atomic E-state index is -3.37. The molecule has 2 aliphatic rings. The van der Waals surface area contributed by atoms with Crippen LogP contribution in [0.1, 0.15) is 20.3 Å². The van der Waals surface area contributed by atoms with Crippen molar-refractivity contribution in [1.29, 1.82) is 0 Å². The molecular formula is C9H16N2O3S. The average Bonchev–Trinajstić information content (AvgIpc) is 2.07. The van der Waals surface area contributed by atoms with E-state index in [1.807, 2.05) is 0 Å². The summed E-state index contributed by atoms with van der Waals surface area (Å²) in [5.74, 6) is 0.256. The Morgan fingerprint density at radius 2 is 2.07 bits per heavy atom. The van der Waals surface area contributed by atoms with E-state index in [4.69, 9.17) is 0 Å². The molecule has 0 aliphatic carbocycles. The van der Waals surface area contributed by atoms with Gasteiger partial charge < -0.3 is 5.32 Å². The van der Waals surface area contributed by atoms with E-state index < -0.39 is 14.8 Å². The molecule has 2 fully saturated rings. The van der Waals surface area contributed by atoms with E-state index in [2.05, 4.69) is 5.32 Å². The zero-order chi connectivity index (χ0) is 11.3. The highest BCUT2D eigenvalue weighted by molar-refractivity contribution is 7.94. The Bertz CT molecular complexity index is 384. The fourth-order valence-electron chi connectivity index (χ4n) is 1.83. The summed E-state index contributed by atoms with van der Waals surface area (Å²) in [4.78, 5) is 11.5. The minimum absolute atomic E-state index is 0.269. The standard InChI is InChI=1S/C9H16N2O3S/c1-9(2)8(12)11(15(9,13)14)4-3-7-5-10-6-7/h7,10H,3-6H2,1-2H3. The maximum absolute atomic E-state index is 11.7. The molecular weight excluding hydrogens is 216 g/mol. The van der Waals surface area contributed by atoms with E-state index in [1.54, 1.807) is 0 Å². The fourth-order valence-corrected chi connectivity index (χ4v) is 3.37. The van der Waals surface area contributed by atoms with Gasteiger partial charge >= 0.3 is 0 Å². The van der Waals surface area contributed by atoms with Crippen LogP contribution in [0.15, 0.2) is 0 Å². The Morgan fingerprint density at radius 3 is 2.47 bits per heavy atom. The van der Waals surface area contributed by atoms with Gasteiger partial charge in [0.25, 0.3) is 15.9 Å². The van der Waals surface area contributed by atoms with Crippen LogP contribution in [-0.4, -0.2) is 43.0 Å². The van der Waals surface area contributed by atoms with Gasteiger partial charge in [-0.25, -0.2) is 12.7 Å². The number of hydrogen-bond acceptors (Lipinski definition) is 4. The van der Waals surface area contributed by atoms with Gasteiger partial charge in [-0.05, 0) is 39.3 Å². The van der Waals surface area contributed by atoms with E-state index in [1.165, 1.54) is 13.8 Å². The Hall–Kier alpha value is -0.620. The fraction of sp³-hybridized carbons (Fsp3) is 0.889. The molecule has 86 valence electrons. The van der Waals surface area contributed by atoms with Gasteiger partial charge in [-0.15, -0.1) is 0 Å². The molecule has 0 spiro atoms. The van der Waals surface area contributed by atoms with Gasteiger partial charge in [0.15, 0.2) is 4.75 Å². The van der Waals surface area contributed by atoms with Gasteiger partial charge in [0.1, 0.15) is 0 Å². The third kappa shape index (κ3) is 1.38. The topological polar surface area (TPSA) is 66.5 Å². The van der Waals surface area contributed by atoms with Crippen molar-refractivity contribution in [2.75, 3.05) is 19.6 Å². The first kappa shape index (κ1) is 10.9. The number of nitrogens with one attached hydrogen (secondary N) is 1. The van der Waals surface area contributed by atoms with Crippen LogP contribution in [0, 0.1) is 5.92 Å². The van der Waals surface area contributed by atoms with E-state index in [9.17, 15) is 13.2 Å². The maximum Gasteiger partial charge on any atom is 0.258 e. The second-order valence-electron chi connectivity index (χ2n) is 4.71. The van der Waals surface area contributed by atoms with Gasteiger partial charge in [-0.3, -0.25) is 4.79 Å². The number of amides is 1. The van der Waals surface area contributed by atoms with Gasteiger partial charge in [0.05, 0.1) is 0 Å². The highest BCUT2D eigenvalue weighted by Crippen LogP contribution is 2.35. The van der Waals surface area contributed by atoms with Gasteiger partial charge in [0, 0.05) is 6.54 Å². The smallest absolute Gasteiger partial charge is 0.258 e. The summed E-state index contributed by atoms with van der Waals surface area (Å²) in [6, 6.07) is 0. The summed E-state index contributed by atoms with van der Waals surface area (Å²) in [5, 5.41) is 3.12. The normalized spacial score (nSPS) is 28.4. The predicted molar refractivity (Wildman–Crippen MR) is 55.7 cm³/mol. The third-order valence-electron chi connectivity index (χ3n) is 3.28. The lowest BCUT2D eigenvalue weighted by Gasteiger charge is -2.44. The molecule has 0 aromatic heterocycles. The van der Waals surface area contributed by atoms with Crippen LogP contribution in [0.25, 0.3) is 0 Å². The first-order valence-corrected chi connectivity index (χ1v) is 6.59. The maximum atomic E-state index is 11.7. The molecule has 15 heavy (non-hydrogen) atoms. The zero-order valence-corrected chi connectivity index (χ0v) is 9.80. The summed E-state index contributed by atoms with van der Waals surface area (Å²) >= 11 is 0. The number of hydrogen-bond donors (Lipinski definition) is 1. The van der Waals surface area contributed by atoms with Crippen molar-refractivity contribution in [1.82, 2.24) is 9.62 Å². The zero-order valence-electron chi connectivity index (χ0n) is 8.99. The number of sulfonamides is 1. The first-order chi connectivity index (χ1) is 6.87. The molecule has 1 N–H and O–H groups in total. The van der Waals surface area contributed by atoms with Gasteiger partial charge in [-0.2, -0.15) is 0 Å². The highest BCUT2D eigenvalue weighted by Gasteiger charge is 2.59. The van der Waals surface area contributed by atoms with Gasteiger partial charge in [-0.1, -0.05) is 0 Å². The monoisotopic (exact) mass is 232 g/mol. The summed E-state index contributed by atoms with van der Waals surface area (Å²) in [6.45, 7) is 5.14. The summed E-state index contributed by atoms with van der Waals surface area (Å²) in [5.41, 5.74) is 0. The number of rotatable bonds is 3. The largest absolute Gasteiger partial charge is 0.316 e. The molecule has 0 saturated carbocycles. The van der Waals surface area contributed by atoms with Crippen LogP contribution in [0.3, 0.4) is 0 Å². The molecule has 6 heteroatoms. The Labute approximate surface area is 89.9 Å². The van der Waals surface area contributed by atoms with Crippen LogP contribution < -0.4 is 5.32 Å². The molecule has 2 rings (SSSR count). The van der Waals surface area contributed by atoms with Crippen molar-refractivity contribution in [2.24, 2.45) is 5.92 Å². The molecule has 5 nitrogen and oxygen atoms in total. The molecule has 0 atom stereocenters. The lowest BCUT2D eigenvalue weighted by atomic mass is 9.99. The SMILES string of the molecule is CC1(C)C(=O)N(CCC2CNC2)S1(=O)=O. The summed E-state index contributed by atoms with van der Waals surface area (Å²) < 4.78 is 23.2. The molecule has 0 radical (unpaired) electrons. The lowest BCUT2D eigenvalue weighted by molar-refractivity contribution is -0.132. The summed E-state index contributed by atoms with van der Waals surface area (Å²) in [6.07, 6.45) is 0.772. The van der Waals surface area contributed by atoms with Crippen molar-refractivity contribution in [2.45, 2.75) is 25.0 Å². The van der Waals surface area contributed by atoms with E-state index >= 15 is 0 Å². The highest BCUT2D eigenvalue weighted by atomic mass is 32.2. The molecule has 2 aliphatic heterocycles. The van der Waals surface area contributed by atoms with Crippen molar-refractivity contribution in [3.8, 4) is 0 Å². The number of nitrogens with zero attached hydrogens (tertiary/aromatic N) is 1. The minimum Gasteiger partial charge on any atom is -0.316 e. The van der Waals surface area contributed by atoms with E-state index in [0.717, 1.165) is 23.8 Å². The van der Waals surface area contributed by atoms with Crippen molar-refractivity contribution >= 4 is 15.9 Å². The second-order valence-corrected chi connectivity index (χ2v) is 7.12. The number of carbonyl (C=O) groups is 1. The van der Waals surface area contributed by atoms with Gasteiger partial charge in [0.2, 0.25) is 0 Å². The average molecular weight is 232 g/mol. The van der Waals surface area contributed by atoms with E-state index in [0.29, 0.717) is 12.5 Å². The van der Waals surface area contributed by atoms with Crippen LogP contribution >= 0.6 is 0 Å². The molecule has 0 bridgehead atoms. The van der Waals surface area contributed by atoms with Crippen LogP contribution in [-0.2, 0) is 14.8 Å². The first-order valence-electron chi connectivity index (χ1n) is 5.15. The van der Waals surface area contributed by atoms with Crippen molar-refractivity contribution in [3.63, 3.8) is 0 Å². The molecule has 2 saturated heterocycles. The lowest BCUT2D eigenvalue weighted by Crippen LogP contribution is -2.67. The Kier molecular flexibility index (Phi) is 2.31. The molecule has 2 heterocycles. The molecule has 1 amide bonds. The van der Waals surface area contributed by atoms with Crippen LogP contribution in [0.4, 0.5) is 0 Å². The van der Waals surface area contributed by atoms with E-state index in [-0.39, 0.29) is 5.91 Å². The third-order valence-corrected chi connectivity index (χ3v) is 5.68. The Morgan fingerprint density at radius 1 is 1.47 bits per heavy atom. The van der Waals surface area contributed by atoms with Crippen LogP contribution in [0.5, 0.6) is 0 Å². The number of carbonyl (C=O) groups excluding carboxylic acids is 1. The van der Waals surface area contributed by atoms with Crippen LogP contribution in [0.2, 0.25) is 0 Å². The summed E-state index contributed by atoms with van der Waals surface area (Å²) in [7, 11) is -3.37. The van der Waals surface area contributed by atoms with Crippen molar-refractivity contribution in [3.05, 3.63) is 0 Å². The Balaban J connectivity index is 1.96. The second kappa shape index (κ2) is 3.18. The molecule has 0 unspecified atom stereocenters. The molecule has 0 aromatic rings. The predicted octanol–water partition coefficient (Wildman–Crippen LogP) is -0.453.